The summed E-state index contributed by atoms with van der Waals surface area (Å²) < 4.78 is 13.8. The minimum Gasteiger partial charge on any atom is -0.445 e. The highest BCUT2D eigenvalue weighted by Crippen LogP contribution is 2.29. The first-order valence-corrected chi connectivity index (χ1v) is 35.4. The van der Waals surface area contributed by atoms with Crippen LogP contribution in [0.1, 0.15) is 98.6 Å². The highest BCUT2D eigenvalue weighted by atomic mass is 35.5. The molecule has 102 heavy (non-hydrogen) atoms. The summed E-state index contributed by atoms with van der Waals surface area (Å²) in [6, 6.07) is 46.2. The first-order valence-electron chi connectivity index (χ1n) is 35.1. The van der Waals surface area contributed by atoms with Crippen LogP contribution in [0.3, 0.4) is 0 Å². The van der Waals surface area contributed by atoms with E-state index in [0.717, 1.165) is 85.6 Å². The molecule has 2 aromatic heterocycles. The zero-order chi connectivity index (χ0) is 72.6. The van der Waals surface area contributed by atoms with Crippen LogP contribution in [0.15, 0.2) is 180 Å². The fraction of sp³-hybridized carbons (Fsp3) is 0.377. The number of benzene rings is 6. The monoisotopic (exact) mass is 1410 g/mol. The van der Waals surface area contributed by atoms with Crippen molar-refractivity contribution in [2.24, 2.45) is 32.9 Å². The molecule has 0 bridgehead atoms. The molecule has 4 atom stereocenters. The molecule has 0 aliphatic carbocycles. The quantitative estimate of drug-likeness (QED) is 0.0110. The molecule has 8 aromatic rings. The van der Waals surface area contributed by atoms with Gasteiger partial charge in [-0.1, -0.05) is 133 Å². The van der Waals surface area contributed by atoms with Gasteiger partial charge in [0, 0.05) is 93.7 Å². The summed E-state index contributed by atoms with van der Waals surface area (Å²) in [4.78, 5) is 90.5. The first kappa shape index (κ1) is 77.5. The number of fused-ring (bicyclic) bond motifs is 2. The molecule has 0 saturated carbocycles. The van der Waals surface area contributed by atoms with Gasteiger partial charge in [0.15, 0.2) is 11.9 Å². The summed E-state index contributed by atoms with van der Waals surface area (Å²) in [7, 11) is 1.60. The number of hydrogen-bond donors (Lipinski definition) is 10. The molecule has 542 valence electrons. The van der Waals surface area contributed by atoms with Gasteiger partial charge in [0.05, 0.1) is 23.5 Å². The van der Waals surface area contributed by atoms with Crippen LogP contribution in [0.2, 0.25) is 0 Å². The number of halogens is 1. The van der Waals surface area contributed by atoms with Gasteiger partial charge in [0.2, 0.25) is 23.6 Å². The summed E-state index contributed by atoms with van der Waals surface area (Å²) in [6.45, 7) is 13.1. The van der Waals surface area contributed by atoms with Crippen molar-refractivity contribution in [2.75, 3.05) is 56.9 Å². The lowest BCUT2D eigenvalue weighted by Crippen LogP contribution is -2.53. The second-order valence-corrected chi connectivity index (χ2v) is 25.5. The number of nitrogens with two attached hydrogens (primary N) is 4. The lowest BCUT2D eigenvalue weighted by atomic mass is 10.0. The van der Waals surface area contributed by atoms with Crippen molar-refractivity contribution in [3.05, 3.63) is 203 Å². The highest BCUT2D eigenvalue weighted by molar-refractivity contribution is 6.13. The fourth-order valence-electron chi connectivity index (χ4n) is 12.4. The molecule has 14 N–H and O–H groups in total. The van der Waals surface area contributed by atoms with Gasteiger partial charge in [0.1, 0.15) is 36.6 Å². The Balaban J connectivity index is 0.000000228. The largest absolute Gasteiger partial charge is 0.445 e. The van der Waals surface area contributed by atoms with Crippen molar-refractivity contribution in [3.8, 4) is 0 Å². The fourth-order valence-corrected chi connectivity index (χ4v) is 12.4. The Morgan fingerprint density at radius 1 is 0.549 bits per heavy atom. The van der Waals surface area contributed by atoms with Gasteiger partial charge < -0.3 is 73.0 Å². The average molecular weight is 1410 g/mol. The number of ether oxygens (including phenoxy) is 1. The lowest BCUT2D eigenvalue weighted by molar-refractivity contribution is -0.133. The Bertz CT molecular complexity index is 4030. The number of carbonyl (C=O) groups is 6. The molecule has 5 amide bonds. The van der Waals surface area contributed by atoms with Crippen molar-refractivity contribution >= 4 is 92.7 Å². The molecule has 25 heteroatoms. The number of nitrogens with one attached hydrogen (secondary N) is 6. The van der Waals surface area contributed by atoms with E-state index in [0.29, 0.717) is 49.6 Å². The lowest BCUT2D eigenvalue weighted by Gasteiger charge is -2.23. The van der Waals surface area contributed by atoms with Crippen LogP contribution in [-0.2, 0) is 85.0 Å². The number of aliphatic imine (C=N–C) groups is 2. The van der Waals surface area contributed by atoms with Gasteiger partial charge in [-0.05, 0) is 149 Å². The van der Waals surface area contributed by atoms with E-state index in [2.05, 4.69) is 103 Å². The average Bonchev–Trinajstić information content (AvgIpc) is 1.65. The van der Waals surface area contributed by atoms with E-state index in [1.54, 1.807) is 7.05 Å². The second kappa shape index (κ2) is 40.8. The molecule has 2 aliphatic rings. The van der Waals surface area contributed by atoms with Crippen LogP contribution in [-0.4, -0.2) is 137 Å². The Labute approximate surface area is 602 Å². The number of anilines is 2. The maximum atomic E-state index is 13.9. The Hall–Kier alpha value is -10.3. The number of rotatable bonds is 31. The van der Waals surface area contributed by atoms with Crippen molar-refractivity contribution < 1.29 is 37.8 Å². The van der Waals surface area contributed by atoms with Crippen molar-refractivity contribution in [1.82, 2.24) is 40.2 Å². The molecule has 2 fully saturated rings. The summed E-state index contributed by atoms with van der Waals surface area (Å²) in [5.41, 5.74) is 32.3. The molecule has 6 aromatic carbocycles. The highest BCUT2D eigenvalue weighted by Gasteiger charge is 2.29. The molecule has 4 heterocycles. The van der Waals surface area contributed by atoms with Gasteiger partial charge in [-0.15, -0.1) is 0 Å². The van der Waals surface area contributed by atoms with E-state index in [-0.39, 0.29) is 56.1 Å². The van der Waals surface area contributed by atoms with Gasteiger partial charge in [0.25, 0.3) is 0 Å². The molecule has 2 saturated heterocycles. The molecule has 2 aliphatic heterocycles. The van der Waals surface area contributed by atoms with Crippen LogP contribution < -0.4 is 54.8 Å². The SMILES string of the molecule is CCn1cc(CN2CCCC2)c2ccc(NC(=O)[C@H](Cc3ccccc3)NC(=O)[C@@H](N)CCCNC(N)=NC)cc21.CCn1cc(CN2CCCC2)c2ccc(NC(=O)[C@H](Cc3ccccc3)NC(=O)[C@H](CCCN=C(N)N)NC(=O)OCc3ccccc3)cc21.O=C(Cc1ccccc1)OCl. The van der Waals surface area contributed by atoms with Gasteiger partial charge in [-0.25, -0.2) is 4.79 Å². The number of aromatic nitrogens is 2. The number of alkyl carbamates (subject to hydrolysis) is 1. The van der Waals surface area contributed by atoms with E-state index in [9.17, 15) is 28.8 Å². The van der Waals surface area contributed by atoms with Crippen LogP contribution in [0.4, 0.5) is 16.2 Å². The summed E-state index contributed by atoms with van der Waals surface area (Å²) >= 11 is 4.85. The molecule has 24 nitrogen and oxygen atoms in total. The van der Waals surface area contributed by atoms with Crippen LogP contribution in [0.5, 0.6) is 0 Å². The Kier molecular flexibility index (Phi) is 31.0. The van der Waals surface area contributed by atoms with Gasteiger partial charge >= 0.3 is 12.1 Å². The third-order valence-electron chi connectivity index (χ3n) is 17.8. The first-order chi connectivity index (χ1) is 49.5. The van der Waals surface area contributed by atoms with Crippen molar-refractivity contribution in [3.63, 3.8) is 0 Å². The predicted octanol–water partition coefficient (Wildman–Crippen LogP) is 8.76. The van der Waals surface area contributed by atoms with Gasteiger partial charge in [-0.3, -0.25) is 43.8 Å². The van der Waals surface area contributed by atoms with Crippen LogP contribution in [0.25, 0.3) is 21.8 Å². The zero-order valence-corrected chi connectivity index (χ0v) is 59.4. The number of likely N-dealkylation sites (tertiary alicyclic amines) is 2. The van der Waals surface area contributed by atoms with Crippen molar-refractivity contribution in [2.45, 2.75) is 141 Å². The zero-order valence-electron chi connectivity index (χ0n) is 58.7. The number of amides is 5. The molecular formula is C77H99ClN16O8. The number of aryl methyl sites for hydroxylation is 2. The van der Waals surface area contributed by atoms with E-state index in [1.807, 2.05) is 146 Å². The van der Waals surface area contributed by atoms with Crippen LogP contribution in [0, 0.1) is 0 Å². The predicted molar refractivity (Wildman–Crippen MR) is 404 cm³/mol. The molecular weight excluding hydrogens is 1310 g/mol. The van der Waals surface area contributed by atoms with E-state index in [4.69, 9.17) is 39.5 Å². The topological polar surface area (TPSA) is 338 Å². The van der Waals surface area contributed by atoms with Crippen LogP contribution >= 0.6 is 11.9 Å². The number of nitrogens with zero attached hydrogens (tertiary/aromatic N) is 6. The second-order valence-electron chi connectivity index (χ2n) is 25.4. The number of carbonyl (C=O) groups excluding carboxylic acids is 6. The molecule has 0 unspecified atom stereocenters. The summed E-state index contributed by atoms with van der Waals surface area (Å²) in [5.74, 6) is -1.70. The smallest absolute Gasteiger partial charge is 0.408 e. The summed E-state index contributed by atoms with van der Waals surface area (Å²) in [5, 5.41) is 19.9. The van der Waals surface area contributed by atoms with E-state index in [1.165, 1.54) is 47.6 Å². The van der Waals surface area contributed by atoms with E-state index < -0.39 is 42.1 Å². The van der Waals surface area contributed by atoms with E-state index >= 15 is 0 Å². The summed E-state index contributed by atoms with van der Waals surface area (Å²) in [6.07, 6.45) is 11.2. The molecule has 0 radical (unpaired) electrons. The third kappa shape index (κ3) is 24.8. The third-order valence-corrected chi connectivity index (χ3v) is 18.0. The van der Waals surface area contributed by atoms with Gasteiger partial charge in [-0.2, -0.15) is 0 Å². The Morgan fingerprint density at radius 3 is 1.46 bits per heavy atom. The molecule has 0 spiro atoms. The Morgan fingerprint density at radius 2 is 1.01 bits per heavy atom. The number of hydrogen-bond acceptors (Lipinski definition) is 13. The minimum atomic E-state index is -1.00. The maximum absolute atomic E-state index is 13.9. The maximum Gasteiger partial charge on any atom is 0.408 e. The van der Waals surface area contributed by atoms with Crippen molar-refractivity contribution in [1.29, 1.82) is 0 Å². The normalized spacial score (nSPS) is 14.1. The standard InChI is InChI=1S/C38H48N8O4.C31H44N8O2.C8H7ClO2/c1-2-46-25-29(24-45-20-9-10-21-45)31-18-17-30(23-34(31)46)42-36(48)33(22-27-12-5-3-6-13-27)43-35(47)32(16-11-19-41-37(39)40)44-38(49)50-26-28-14-7-4-8-15-28;1-3-39-21-23(20-38-16-7-8-17-38)25-14-13-24(19-28(25)39)36-30(41)27(18-22-10-5-4-6-11-22)37-29(40)26(32)12-9-15-35-31(33)34-2;9-11-8(10)6-7-4-2-1-3-5-7/h3-8,12-15,17-18,23,25,32-33H,2,9-11,16,19-22,24,26H2,1H3,(H,42,48)(H,43,47)(H,44,49)(H4,39,40,41);4-6,10-11,13-14,19,21,26-27H,3,7-9,12,15-18,20,32H2,1-2H3,(H,36,41)(H,37,40)(H3,33,34,35);1-5H,6H2/t32-,33-;26-,27-;/m00./s1. The number of guanidine groups is 2. The minimum absolute atomic E-state index is 0.0412. The molecule has 10 rings (SSSR count).